The lowest BCUT2D eigenvalue weighted by molar-refractivity contribution is 0.174. The minimum absolute atomic E-state index is 0.175. The molecule has 0 spiro atoms. The molecule has 0 atom stereocenters. The van der Waals surface area contributed by atoms with E-state index >= 15 is 0 Å². The lowest BCUT2D eigenvalue weighted by atomic mass is 10.1. The molecule has 0 saturated carbocycles. The summed E-state index contributed by atoms with van der Waals surface area (Å²) < 4.78 is 10.3. The van der Waals surface area contributed by atoms with Crippen LogP contribution in [0, 0.1) is 11.3 Å². The molecule has 1 heterocycles. The van der Waals surface area contributed by atoms with Crippen molar-refractivity contribution in [1.82, 2.24) is 5.32 Å². The molecule has 0 aliphatic carbocycles. The fourth-order valence-electron chi connectivity index (χ4n) is 1.48. The third-order valence-electron chi connectivity index (χ3n) is 2.30. The highest BCUT2D eigenvalue weighted by Gasteiger charge is 2.16. The SMILES string of the molecule is N#CCCNCc1cc2c(cc1O)OCO2. The van der Waals surface area contributed by atoms with Crippen LogP contribution in [0.5, 0.6) is 17.2 Å². The van der Waals surface area contributed by atoms with E-state index in [9.17, 15) is 5.11 Å². The van der Waals surface area contributed by atoms with Gasteiger partial charge in [0.05, 0.1) is 6.07 Å². The molecule has 2 N–H and O–H groups in total. The van der Waals surface area contributed by atoms with Crippen LogP contribution in [0.3, 0.4) is 0 Å². The molecule has 0 amide bonds. The number of hydrogen-bond acceptors (Lipinski definition) is 5. The highest BCUT2D eigenvalue weighted by molar-refractivity contribution is 5.51. The minimum Gasteiger partial charge on any atom is -0.507 e. The summed E-state index contributed by atoms with van der Waals surface area (Å²) in [4.78, 5) is 0. The van der Waals surface area contributed by atoms with Gasteiger partial charge >= 0.3 is 0 Å². The molecule has 0 aromatic heterocycles. The van der Waals surface area contributed by atoms with Gasteiger partial charge in [-0.3, -0.25) is 0 Å². The quantitative estimate of drug-likeness (QED) is 0.744. The summed E-state index contributed by atoms with van der Waals surface area (Å²) in [6, 6.07) is 5.33. The van der Waals surface area contributed by atoms with Gasteiger partial charge in [-0.15, -0.1) is 0 Å². The molecule has 0 unspecified atom stereocenters. The fourth-order valence-corrected chi connectivity index (χ4v) is 1.48. The normalized spacial score (nSPS) is 12.4. The molecule has 84 valence electrons. The van der Waals surface area contributed by atoms with E-state index in [0.717, 1.165) is 5.56 Å². The van der Waals surface area contributed by atoms with Crippen molar-refractivity contribution >= 4 is 0 Å². The second-order valence-corrected chi connectivity index (χ2v) is 3.42. The summed E-state index contributed by atoms with van der Waals surface area (Å²) in [5, 5.41) is 21.1. The van der Waals surface area contributed by atoms with E-state index in [0.29, 0.717) is 31.0 Å². The number of nitrogens with one attached hydrogen (secondary N) is 1. The van der Waals surface area contributed by atoms with E-state index in [4.69, 9.17) is 14.7 Å². The molecule has 0 radical (unpaired) electrons. The Hall–Kier alpha value is -1.93. The first-order valence-electron chi connectivity index (χ1n) is 5.00. The molecule has 1 aromatic rings. The molecule has 0 saturated heterocycles. The lowest BCUT2D eigenvalue weighted by Crippen LogP contribution is -2.14. The van der Waals surface area contributed by atoms with Crippen LogP contribution in [0.15, 0.2) is 12.1 Å². The van der Waals surface area contributed by atoms with Crippen LogP contribution in [-0.4, -0.2) is 18.4 Å². The number of ether oxygens (including phenoxy) is 2. The van der Waals surface area contributed by atoms with Crippen LogP contribution in [-0.2, 0) is 6.54 Å². The smallest absolute Gasteiger partial charge is 0.231 e. The van der Waals surface area contributed by atoms with Crippen molar-refractivity contribution in [2.45, 2.75) is 13.0 Å². The van der Waals surface area contributed by atoms with Gasteiger partial charge in [0.15, 0.2) is 11.5 Å². The fraction of sp³-hybridized carbons (Fsp3) is 0.364. The zero-order chi connectivity index (χ0) is 11.4. The van der Waals surface area contributed by atoms with Crippen molar-refractivity contribution in [3.8, 4) is 23.3 Å². The summed E-state index contributed by atoms with van der Waals surface area (Å²) in [6.45, 7) is 1.30. The second-order valence-electron chi connectivity index (χ2n) is 3.42. The zero-order valence-corrected chi connectivity index (χ0v) is 8.69. The third kappa shape index (κ3) is 2.18. The van der Waals surface area contributed by atoms with Gasteiger partial charge in [0.2, 0.25) is 6.79 Å². The number of phenols is 1. The van der Waals surface area contributed by atoms with Crippen LogP contribution >= 0.6 is 0 Å². The van der Waals surface area contributed by atoms with E-state index in [1.807, 2.05) is 6.07 Å². The molecule has 0 bridgehead atoms. The lowest BCUT2D eigenvalue weighted by Gasteiger charge is -2.06. The maximum atomic E-state index is 9.69. The minimum atomic E-state index is 0.175. The standard InChI is InChI=1S/C11H12N2O3/c12-2-1-3-13-6-8-4-10-11(5-9(8)14)16-7-15-10/h4-5,13-14H,1,3,6-7H2. The predicted octanol–water partition coefficient (Wildman–Crippen LogP) is 1.12. The molecule has 1 aliphatic rings. The average Bonchev–Trinajstić information content (AvgIpc) is 2.71. The largest absolute Gasteiger partial charge is 0.507 e. The Morgan fingerprint density at radius 1 is 1.38 bits per heavy atom. The van der Waals surface area contributed by atoms with Crippen molar-refractivity contribution in [2.75, 3.05) is 13.3 Å². The first-order chi connectivity index (χ1) is 7.81. The number of aromatic hydroxyl groups is 1. The van der Waals surface area contributed by atoms with E-state index < -0.39 is 0 Å². The van der Waals surface area contributed by atoms with Gasteiger partial charge in [0.1, 0.15) is 5.75 Å². The van der Waals surface area contributed by atoms with Crippen LogP contribution < -0.4 is 14.8 Å². The molecular formula is C11H12N2O3. The monoisotopic (exact) mass is 220 g/mol. The van der Waals surface area contributed by atoms with Crippen molar-refractivity contribution in [3.05, 3.63) is 17.7 Å². The van der Waals surface area contributed by atoms with Crippen molar-refractivity contribution < 1.29 is 14.6 Å². The zero-order valence-electron chi connectivity index (χ0n) is 8.69. The maximum Gasteiger partial charge on any atom is 0.231 e. The Bertz CT molecular complexity index is 426. The van der Waals surface area contributed by atoms with Crippen molar-refractivity contribution in [3.63, 3.8) is 0 Å². The van der Waals surface area contributed by atoms with Crippen LogP contribution in [0.1, 0.15) is 12.0 Å². The first kappa shape index (κ1) is 10.6. The van der Waals surface area contributed by atoms with Crippen LogP contribution in [0.25, 0.3) is 0 Å². The first-order valence-corrected chi connectivity index (χ1v) is 5.00. The predicted molar refractivity (Wildman–Crippen MR) is 56.2 cm³/mol. The van der Waals surface area contributed by atoms with Gasteiger partial charge in [-0.05, 0) is 6.07 Å². The Balaban J connectivity index is 2.02. The molecule has 5 nitrogen and oxygen atoms in total. The number of nitriles is 1. The van der Waals surface area contributed by atoms with Gasteiger partial charge in [-0.2, -0.15) is 5.26 Å². The molecule has 0 fully saturated rings. The maximum absolute atomic E-state index is 9.69. The summed E-state index contributed by atoms with van der Waals surface area (Å²) in [5.74, 6) is 1.39. The summed E-state index contributed by atoms with van der Waals surface area (Å²) in [7, 11) is 0. The van der Waals surface area contributed by atoms with Gasteiger partial charge in [-0.25, -0.2) is 0 Å². The Morgan fingerprint density at radius 3 is 2.88 bits per heavy atom. The second kappa shape index (κ2) is 4.73. The molecule has 1 aliphatic heterocycles. The number of fused-ring (bicyclic) bond motifs is 1. The highest BCUT2D eigenvalue weighted by Crippen LogP contribution is 2.37. The number of phenolic OH excluding ortho intramolecular Hbond substituents is 1. The number of nitrogens with zero attached hydrogens (tertiary/aromatic N) is 1. The molecule has 16 heavy (non-hydrogen) atoms. The summed E-state index contributed by atoms with van der Waals surface area (Å²) >= 11 is 0. The third-order valence-corrected chi connectivity index (χ3v) is 2.30. The van der Waals surface area contributed by atoms with Gasteiger partial charge in [0.25, 0.3) is 0 Å². The molecular weight excluding hydrogens is 208 g/mol. The van der Waals surface area contributed by atoms with Gasteiger partial charge in [-0.1, -0.05) is 0 Å². The van der Waals surface area contributed by atoms with Crippen LogP contribution in [0.4, 0.5) is 0 Å². The van der Waals surface area contributed by atoms with E-state index in [2.05, 4.69) is 5.32 Å². The van der Waals surface area contributed by atoms with Crippen molar-refractivity contribution in [2.24, 2.45) is 0 Å². The Morgan fingerprint density at radius 2 is 2.12 bits per heavy atom. The highest BCUT2D eigenvalue weighted by atomic mass is 16.7. The van der Waals surface area contributed by atoms with Gasteiger partial charge < -0.3 is 19.9 Å². The number of benzene rings is 1. The van der Waals surface area contributed by atoms with Crippen molar-refractivity contribution in [1.29, 1.82) is 5.26 Å². The summed E-state index contributed by atoms with van der Waals surface area (Å²) in [6.07, 6.45) is 0.450. The van der Waals surface area contributed by atoms with Gasteiger partial charge in [0, 0.05) is 31.1 Å². The molecule has 1 aromatic carbocycles. The van der Waals surface area contributed by atoms with E-state index in [-0.39, 0.29) is 12.5 Å². The molecule has 5 heteroatoms. The topological polar surface area (TPSA) is 74.5 Å². The average molecular weight is 220 g/mol. The van der Waals surface area contributed by atoms with Crippen LogP contribution in [0.2, 0.25) is 0 Å². The number of hydrogen-bond donors (Lipinski definition) is 2. The Kier molecular flexibility index (Phi) is 3.13. The molecule has 2 rings (SSSR count). The van der Waals surface area contributed by atoms with E-state index in [1.165, 1.54) is 0 Å². The number of rotatable bonds is 4. The Labute approximate surface area is 93.2 Å². The summed E-state index contributed by atoms with van der Waals surface area (Å²) in [5.41, 5.74) is 0.738. The van der Waals surface area contributed by atoms with E-state index in [1.54, 1.807) is 12.1 Å².